The minimum atomic E-state index is -0.679. The molecule has 1 aromatic carbocycles. The van der Waals surface area contributed by atoms with Crippen molar-refractivity contribution in [1.82, 2.24) is 25.2 Å². The zero-order valence-corrected chi connectivity index (χ0v) is 18.1. The van der Waals surface area contributed by atoms with Gasteiger partial charge in [-0.2, -0.15) is 0 Å². The molecule has 7 nitrogen and oxygen atoms in total. The van der Waals surface area contributed by atoms with E-state index in [2.05, 4.69) is 34.1 Å². The maximum Gasteiger partial charge on any atom is 0.318 e. The van der Waals surface area contributed by atoms with E-state index in [0.717, 1.165) is 23.5 Å². The topological polar surface area (TPSA) is 84.2 Å². The van der Waals surface area contributed by atoms with Gasteiger partial charge in [0.2, 0.25) is 0 Å². The average Bonchev–Trinajstić information content (AvgIpc) is 3.27. The summed E-state index contributed by atoms with van der Waals surface area (Å²) in [4.78, 5) is 28.0. The number of benzene rings is 1. The van der Waals surface area contributed by atoms with Crippen molar-refractivity contribution >= 4 is 17.6 Å². The van der Waals surface area contributed by atoms with Gasteiger partial charge < -0.3 is 14.6 Å². The van der Waals surface area contributed by atoms with Gasteiger partial charge in [-0.25, -0.2) is 24.1 Å². The first-order valence-electron chi connectivity index (χ1n) is 10.1. The SMILES string of the molecule is CC(C)Cc1ncc2c(n1)CN(C(=O)N[C@@H](c1ccc(Cl)c(F)c1)c1cocn1)CC2. The van der Waals surface area contributed by atoms with Crippen LogP contribution in [0.3, 0.4) is 0 Å². The van der Waals surface area contributed by atoms with Crippen LogP contribution in [-0.4, -0.2) is 32.4 Å². The molecule has 4 rings (SSSR count). The summed E-state index contributed by atoms with van der Waals surface area (Å²) < 4.78 is 19.1. The van der Waals surface area contributed by atoms with Crippen LogP contribution in [0.5, 0.6) is 0 Å². The van der Waals surface area contributed by atoms with Crippen LogP contribution in [0.2, 0.25) is 5.02 Å². The van der Waals surface area contributed by atoms with Crippen LogP contribution in [0.1, 0.15) is 48.2 Å². The van der Waals surface area contributed by atoms with Gasteiger partial charge in [0.1, 0.15) is 29.6 Å². The van der Waals surface area contributed by atoms with Crippen molar-refractivity contribution in [3.05, 3.63) is 76.2 Å². The zero-order valence-electron chi connectivity index (χ0n) is 17.3. The Kier molecular flexibility index (Phi) is 6.18. The highest BCUT2D eigenvalue weighted by molar-refractivity contribution is 6.30. The number of rotatable bonds is 5. The molecule has 9 heteroatoms. The lowest BCUT2D eigenvalue weighted by Gasteiger charge is -2.30. The van der Waals surface area contributed by atoms with Crippen LogP contribution in [0.4, 0.5) is 9.18 Å². The highest BCUT2D eigenvalue weighted by Gasteiger charge is 2.27. The van der Waals surface area contributed by atoms with E-state index >= 15 is 0 Å². The Balaban J connectivity index is 1.53. The lowest BCUT2D eigenvalue weighted by Crippen LogP contribution is -2.44. The van der Waals surface area contributed by atoms with E-state index in [4.69, 9.17) is 16.0 Å². The molecule has 0 unspecified atom stereocenters. The molecule has 1 N–H and O–H groups in total. The van der Waals surface area contributed by atoms with Crippen LogP contribution in [-0.2, 0) is 19.4 Å². The van der Waals surface area contributed by atoms with E-state index in [-0.39, 0.29) is 11.1 Å². The Morgan fingerprint density at radius 1 is 1.35 bits per heavy atom. The van der Waals surface area contributed by atoms with Gasteiger partial charge >= 0.3 is 6.03 Å². The summed E-state index contributed by atoms with van der Waals surface area (Å²) in [6.07, 6.45) is 6.02. The van der Waals surface area contributed by atoms with E-state index in [1.54, 1.807) is 11.0 Å². The lowest BCUT2D eigenvalue weighted by atomic mass is 10.0. The number of nitrogens with zero attached hydrogens (tertiary/aromatic N) is 4. The van der Waals surface area contributed by atoms with Gasteiger partial charge in [-0.05, 0) is 35.6 Å². The Morgan fingerprint density at radius 2 is 2.19 bits per heavy atom. The van der Waals surface area contributed by atoms with E-state index in [9.17, 15) is 9.18 Å². The number of oxazole rings is 1. The highest BCUT2D eigenvalue weighted by atomic mass is 35.5. The molecule has 0 fully saturated rings. The maximum atomic E-state index is 14.1. The molecule has 0 radical (unpaired) electrons. The zero-order chi connectivity index (χ0) is 22.0. The fraction of sp³-hybridized carbons (Fsp3) is 0.364. The summed E-state index contributed by atoms with van der Waals surface area (Å²) in [6.45, 7) is 5.15. The van der Waals surface area contributed by atoms with E-state index in [0.29, 0.717) is 36.7 Å². The highest BCUT2D eigenvalue weighted by Crippen LogP contribution is 2.26. The minimum Gasteiger partial charge on any atom is -0.451 e. The summed E-state index contributed by atoms with van der Waals surface area (Å²) in [5.41, 5.74) is 2.91. The quantitative estimate of drug-likeness (QED) is 0.635. The van der Waals surface area contributed by atoms with E-state index in [1.165, 1.54) is 24.8 Å². The number of hydrogen-bond acceptors (Lipinski definition) is 5. The molecular formula is C22H23ClFN5O2. The number of carbonyl (C=O) groups is 1. The van der Waals surface area contributed by atoms with Gasteiger partial charge in [-0.15, -0.1) is 0 Å². The third-order valence-corrected chi connectivity index (χ3v) is 5.47. The van der Waals surface area contributed by atoms with Crippen molar-refractivity contribution in [1.29, 1.82) is 0 Å². The third-order valence-electron chi connectivity index (χ3n) is 5.17. The molecule has 2 amide bonds. The molecule has 0 bridgehead atoms. The normalized spacial score (nSPS) is 14.4. The molecule has 1 atom stereocenters. The van der Waals surface area contributed by atoms with E-state index < -0.39 is 11.9 Å². The predicted octanol–water partition coefficient (Wildman–Crippen LogP) is 4.31. The van der Waals surface area contributed by atoms with Crippen molar-refractivity contribution in [3.8, 4) is 0 Å². The largest absolute Gasteiger partial charge is 0.451 e. The Morgan fingerprint density at radius 3 is 2.90 bits per heavy atom. The Bertz CT molecular complexity index is 1070. The fourth-order valence-corrected chi connectivity index (χ4v) is 3.70. The van der Waals surface area contributed by atoms with Crippen molar-refractivity contribution in [2.24, 2.45) is 5.92 Å². The second kappa shape index (κ2) is 9.01. The van der Waals surface area contributed by atoms with Crippen LogP contribution in [0, 0.1) is 11.7 Å². The number of carbonyl (C=O) groups excluding carboxylic acids is 1. The monoisotopic (exact) mass is 443 g/mol. The van der Waals surface area contributed by atoms with Gasteiger partial charge in [-0.3, -0.25) is 0 Å². The average molecular weight is 444 g/mol. The maximum absolute atomic E-state index is 14.1. The van der Waals surface area contributed by atoms with Gasteiger partial charge in [0, 0.05) is 19.2 Å². The van der Waals surface area contributed by atoms with Crippen LogP contribution >= 0.6 is 11.6 Å². The van der Waals surface area contributed by atoms with E-state index in [1.807, 2.05) is 6.20 Å². The van der Waals surface area contributed by atoms with Crippen molar-refractivity contribution < 1.29 is 13.6 Å². The smallest absolute Gasteiger partial charge is 0.318 e. The van der Waals surface area contributed by atoms with Crippen molar-refractivity contribution in [2.75, 3.05) is 6.54 Å². The first kappa shape index (κ1) is 21.2. The fourth-order valence-electron chi connectivity index (χ4n) is 3.58. The number of halogens is 2. The second-order valence-corrected chi connectivity index (χ2v) is 8.40. The lowest BCUT2D eigenvalue weighted by molar-refractivity contribution is 0.188. The standard InChI is InChI=1S/C22H23ClFN5O2/c1-13(2)7-20-25-9-15-5-6-29(10-18(15)27-20)22(30)28-21(19-11-31-12-26-19)14-3-4-16(23)17(24)8-14/h3-4,8-9,11-13,21H,5-7,10H2,1-2H3,(H,28,30)/t21-/m0/s1. The number of fused-ring (bicyclic) bond motifs is 1. The second-order valence-electron chi connectivity index (χ2n) is 8.00. The van der Waals surface area contributed by atoms with Crippen LogP contribution < -0.4 is 5.32 Å². The first-order chi connectivity index (χ1) is 14.9. The Labute approximate surface area is 184 Å². The molecule has 162 valence electrons. The molecule has 3 aromatic rings. The number of hydrogen-bond donors (Lipinski definition) is 1. The van der Waals surface area contributed by atoms with Gasteiger partial charge in [0.05, 0.1) is 17.3 Å². The molecule has 0 spiro atoms. The molecule has 0 saturated carbocycles. The summed E-state index contributed by atoms with van der Waals surface area (Å²) in [6, 6.07) is 3.43. The van der Waals surface area contributed by atoms with Gasteiger partial charge in [0.25, 0.3) is 0 Å². The minimum absolute atomic E-state index is 0.0125. The molecule has 0 aliphatic carbocycles. The Hall–Kier alpha value is -3.00. The molecule has 0 saturated heterocycles. The third kappa shape index (κ3) is 4.85. The number of aromatic nitrogens is 3. The van der Waals surface area contributed by atoms with Gasteiger partial charge in [0.15, 0.2) is 6.39 Å². The molecule has 31 heavy (non-hydrogen) atoms. The van der Waals surface area contributed by atoms with Crippen molar-refractivity contribution in [2.45, 2.75) is 39.3 Å². The summed E-state index contributed by atoms with van der Waals surface area (Å²) in [5, 5.41) is 2.95. The van der Waals surface area contributed by atoms with Crippen LogP contribution in [0.25, 0.3) is 0 Å². The molecule has 1 aliphatic rings. The van der Waals surface area contributed by atoms with Crippen molar-refractivity contribution in [3.63, 3.8) is 0 Å². The predicted molar refractivity (Wildman–Crippen MR) is 113 cm³/mol. The molecule has 1 aliphatic heterocycles. The summed E-state index contributed by atoms with van der Waals surface area (Å²) >= 11 is 5.81. The summed E-state index contributed by atoms with van der Waals surface area (Å²) in [5.74, 6) is 0.667. The molecular weight excluding hydrogens is 421 g/mol. The number of urea groups is 1. The first-order valence-corrected chi connectivity index (χ1v) is 10.5. The number of amides is 2. The summed E-state index contributed by atoms with van der Waals surface area (Å²) in [7, 11) is 0. The number of nitrogens with one attached hydrogen (secondary N) is 1. The van der Waals surface area contributed by atoms with Crippen LogP contribution in [0.15, 0.2) is 41.5 Å². The molecule has 3 heterocycles. The molecule has 2 aromatic heterocycles. The van der Waals surface area contributed by atoms with Gasteiger partial charge in [-0.1, -0.05) is 31.5 Å².